The van der Waals surface area contributed by atoms with Crippen LogP contribution in [0.4, 0.5) is 39.5 Å². The highest BCUT2D eigenvalue weighted by Gasteiger charge is 2.50. The second-order valence-corrected chi connectivity index (χ2v) is 5.72. The van der Waals surface area contributed by atoms with Crippen LogP contribution in [-0.4, -0.2) is 14.7 Å². The van der Waals surface area contributed by atoms with E-state index in [1.165, 1.54) is 0 Å². The summed E-state index contributed by atoms with van der Waals surface area (Å²) in [7, 11) is -4.97. The number of hydrogen-bond donors (Lipinski definition) is 0. The molecule has 1 aromatic rings. The molecule has 3 nitrogen and oxygen atoms in total. The minimum atomic E-state index is -5.95. The van der Waals surface area contributed by atoms with Crippen LogP contribution in [0.3, 0.4) is 0 Å². The van der Waals surface area contributed by atoms with Crippen molar-refractivity contribution < 1.29 is 52.1 Å². The summed E-state index contributed by atoms with van der Waals surface area (Å²) in [5, 5.41) is 0. The molecule has 1 aromatic carbocycles. The Kier molecular flexibility index (Phi) is 4.60. The third-order valence-corrected chi connectivity index (χ3v) is 2.76. The molecular weight excluding hydrogens is 371 g/mol. The van der Waals surface area contributed by atoms with Crippen molar-refractivity contribution in [1.29, 1.82) is 0 Å². The summed E-state index contributed by atoms with van der Waals surface area (Å²) in [5.74, 6) is -2.47. The van der Waals surface area contributed by atoms with E-state index in [0.29, 0.717) is 0 Å². The van der Waals surface area contributed by atoms with Crippen molar-refractivity contribution in [1.82, 2.24) is 0 Å². The molecule has 0 N–H and O–H groups in total. The maximum atomic E-state index is 12.8. The lowest BCUT2D eigenvalue weighted by Crippen LogP contribution is -2.22. The molecule has 0 aliphatic heterocycles. The molecule has 0 spiro atoms. The largest absolute Gasteiger partial charge is 0.420 e. The first-order valence-corrected chi connectivity index (χ1v) is 7.04. The summed E-state index contributed by atoms with van der Waals surface area (Å²) in [5.41, 5.74) is -7.68. The Labute approximate surface area is 122 Å². The summed E-state index contributed by atoms with van der Waals surface area (Å²) < 4.78 is 140. The summed E-state index contributed by atoms with van der Waals surface area (Å²) in [4.78, 5) is 0. The van der Waals surface area contributed by atoms with Gasteiger partial charge in [-0.25, -0.2) is 0 Å². The molecule has 1 rings (SSSR count). The fraction of sp³-hybridized carbons (Fsp3) is 0.400. The number of alkyl halides is 9. The molecule has 0 heterocycles. The number of halogens is 9. The Balaban J connectivity index is 3.96. The Hall–Kier alpha value is -1.66. The molecule has 0 atom stereocenters. The van der Waals surface area contributed by atoms with Gasteiger partial charge in [-0.05, 0) is 12.1 Å². The lowest BCUT2D eigenvalue weighted by Gasteiger charge is -2.21. The van der Waals surface area contributed by atoms with Crippen LogP contribution in [0.5, 0.6) is 5.75 Å². The van der Waals surface area contributed by atoms with E-state index >= 15 is 0 Å². The van der Waals surface area contributed by atoms with E-state index in [9.17, 15) is 47.9 Å². The van der Waals surface area contributed by atoms with Gasteiger partial charge in [0.1, 0.15) is 5.56 Å². The first kappa shape index (κ1) is 19.4. The van der Waals surface area contributed by atoms with Crippen LogP contribution < -0.4 is 4.18 Å². The standard InChI is InChI=1S/C10H5F9O3S/c1-23(20,21)22-7-5(9(14,15)16)3-2-4(8(11,12)13)6(7)10(17,18)19/h2-3H,1H3. The molecule has 132 valence electrons. The summed E-state index contributed by atoms with van der Waals surface area (Å²) in [6.45, 7) is 0. The molecule has 0 unspecified atom stereocenters. The monoisotopic (exact) mass is 376 g/mol. The van der Waals surface area contributed by atoms with Gasteiger partial charge >= 0.3 is 28.6 Å². The van der Waals surface area contributed by atoms with Crippen molar-refractivity contribution in [3.8, 4) is 5.75 Å². The quantitative estimate of drug-likeness (QED) is 0.577. The molecule has 0 fully saturated rings. The smallest absolute Gasteiger partial charge is 0.381 e. The van der Waals surface area contributed by atoms with Crippen LogP contribution in [0.15, 0.2) is 12.1 Å². The van der Waals surface area contributed by atoms with Gasteiger partial charge in [-0.1, -0.05) is 0 Å². The zero-order chi connectivity index (χ0) is 18.4. The molecule has 0 amide bonds. The van der Waals surface area contributed by atoms with Crippen LogP contribution in [0.25, 0.3) is 0 Å². The van der Waals surface area contributed by atoms with E-state index in [1.807, 2.05) is 0 Å². The van der Waals surface area contributed by atoms with E-state index in [0.717, 1.165) is 0 Å². The average molecular weight is 376 g/mol. The molecule has 0 saturated carbocycles. The van der Waals surface area contributed by atoms with Gasteiger partial charge in [-0.2, -0.15) is 47.9 Å². The number of benzene rings is 1. The van der Waals surface area contributed by atoms with E-state index in [4.69, 9.17) is 0 Å². The first-order valence-electron chi connectivity index (χ1n) is 5.22. The molecule has 23 heavy (non-hydrogen) atoms. The van der Waals surface area contributed by atoms with E-state index in [2.05, 4.69) is 4.18 Å². The average Bonchev–Trinajstić information content (AvgIpc) is 2.21. The maximum Gasteiger partial charge on any atom is 0.420 e. The Morgan fingerprint density at radius 1 is 0.783 bits per heavy atom. The number of rotatable bonds is 2. The van der Waals surface area contributed by atoms with Crippen LogP contribution >= 0.6 is 0 Å². The lowest BCUT2D eigenvalue weighted by atomic mass is 10.0. The molecule has 0 aromatic heterocycles. The highest BCUT2D eigenvalue weighted by molar-refractivity contribution is 7.86. The highest BCUT2D eigenvalue weighted by atomic mass is 32.2. The van der Waals surface area contributed by atoms with E-state index in [-0.39, 0.29) is 12.3 Å². The summed E-state index contributed by atoms with van der Waals surface area (Å²) in [6.07, 6.45) is -17.1. The predicted octanol–water partition coefficient (Wildman–Crippen LogP) is 4.08. The van der Waals surface area contributed by atoms with Crippen molar-refractivity contribution in [2.45, 2.75) is 18.5 Å². The molecular formula is C10H5F9O3S. The predicted molar refractivity (Wildman–Crippen MR) is 56.9 cm³/mol. The molecule has 13 heteroatoms. The molecule has 0 aliphatic carbocycles. The SMILES string of the molecule is CS(=O)(=O)Oc1c(C(F)(F)F)ccc(C(F)(F)F)c1C(F)(F)F. The normalized spacial score (nSPS) is 14.0. The second-order valence-electron chi connectivity index (χ2n) is 4.15. The van der Waals surface area contributed by atoms with Gasteiger partial charge in [0.05, 0.1) is 17.4 Å². The van der Waals surface area contributed by atoms with Gasteiger partial charge in [-0.15, -0.1) is 0 Å². The van der Waals surface area contributed by atoms with Gasteiger partial charge in [0.15, 0.2) is 5.75 Å². The van der Waals surface area contributed by atoms with Crippen molar-refractivity contribution in [2.75, 3.05) is 6.26 Å². The minimum Gasteiger partial charge on any atom is -0.381 e. The zero-order valence-electron chi connectivity index (χ0n) is 10.7. The first-order chi connectivity index (χ1) is 9.94. The van der Waals surface area contributed by atoms with E-state index in [1.54, 1.807) is 0 Å². The van der Waals surface area contributed by atoms with Gasteiger partial charge in [-0.3, -0.25) is 0 Å². The number of hydrogen-bond acceptors (Lipinski definition) is 3. The van der Waals surface area contributed by atoms with Crippen LogP contribution in [0, 0.1) is 0 Å². The third kappa shape index (κ3) is 4.65. The van der Waals surface area contributed by atoms with Crippen molar-refractivity contribution in [2.24, 2.45) is 0 Å². The molecule has 0 saturated heterocycles. The van der Waals surface area contributed by atoms with Gasteiger partial charge < -0.3 is 4.18 Å². The van der Waals surface area contributed by atoms with Crippen molar-refractivity contribution in [3.05, 3.63) is 28.8 Å². The fourth-order valence-electron chi connectivity index (χ4n) is 1.56. The van der Waals surface area contributed by atoms with Crippen molar-refractivity contribution in [3.63, 3.8) is 0 Å². The van der Waals surface area contributed by atoms with Gasteiger partial charge in [0.2, 0.25) is 0 Å². The van der Waals surface area contributed by atoms with Gasteiger partial charge in [0.25, 0.3) is 0 Å². The van der Waals surface area contributed by atoms with Crippen LogP contribution in [0.1, 0.15) is 16.7 Å². The lowest BCUT2D eigenvalue weighted by molar-refractivity contribution is -0.164. The van der Waals surface area contributed by atoms with Gasteiger partial charge in [0, 0.05) is 0 Å². The Morgan fingerprint density at radius 3 is 1.48 bits per heavy atom. The Morgan fingerprint density at radius 2 is 1.17 bits per heavy atom. The second kappa shape index (κ2) is 5.46. The molecule has 0 radical (unpaired) electrons. The fourth-order valence-corrected chi connectivity index (χ4v) is 2.04. The minimum absolute atomic E-state index is 0.0908. The van der Waals surface area contributed by atoms with Crippen LogP contribution in [0.2, 0.25) is 0 Å². The highest BCUT2D eigenvalue weighted by Crippen LogP contribution is 2.49. The van der Waals surface area contributed by atoms with E-state index < -0.39 is 57.2 Å². The molecule has 0 aliphatic rings. The van der Waals surface area contributed by atoms with Crippen molar-refractivity contribution >= 4 is 10.1 Å². The maximum absolute atomic E-state index is 12.8. The third-order valence-electron chi connectivity index (χ3n) is 2.29. The topological polar surface area (TPSA) is 43.4 Å². The summed E-state index contributed by atoms with van der Waals surface area (Å²) in [6, 6.07) is -0.778. The Bertz CT molecular complexity index is 698. The zero-order valence-corrected chi connectivity index (χ0v) is 11.5. The molecule has 0 bridgehead atoms. The summed E-state index contributed by atoms with van der Waals surface area (Å²) >= 11 is 0. The van der Waals surface area contributed by atoms with Crippen LogP contribution in [-0.2, 0) is 28.6 Å².